The van der Waals surface area contributed by atoms with Crippen LogP contribution in [0.2, 0.25) is 0 Å². The number of allylic oxidation sites excluding steroid dienone is 8. The zero-order chi connectivity index (χ0) is 24.6. The number of anilines is 1. The number of ketones is 1. The normalized spacial score (nSPS) is 22.8. The molecule has 3 heteroatoms. The number of Topliss-reactive ketones (excluding diaryl/α,β-unsaturated/α-hetero) is 1. The Morgan fingerprint density at radius 3 is 2.45 bits per heavy atom. The van der Waals surface area contributed by atoms with Crippen LogP contribution >= 0.6 is 0 Å². The van der Waals surface area contributed by atoms with Crippen molar-refractivity contribution in [3.8, 4) is 0 Å². The van der Waals surface area contributed by atoms with Gasteiger partial charge in [0.2, 0.25) is 5.70 Å². The van der Waals surface area contributed by atoms with Gasteiger partial charge in [0.1, 0.15) is 12.8 Å². The molecule has 0 saturated carbocycles. The molecule has 0 unspecified atom stereocenters. The average Bonchev–Trinajstić information content (AvgIpc) is 3.05. The quantitative estimate of drug-likeness (QED) is 0.468. The fraction of sp³-hybridized carbons (Fsp3) is 0.400. The van der Waals surface area contributed by atoms with Crippen LogP contribution in [0.1, 0.15) is 59.1 Å². The lowest BCUT2D eigenvalue weighted by molar-refractivity contribution is -0.434. The first-order chi connectivity index (χ1) is 15.5. The molecular weight excluding hydrogens is 404 g/mol. The third-order valence-corrected chi connectivity index (χ3v) is 7.24. The second kappa shape index (κ2) is 9.13. The van der Waals surface area contributed by atoms with Crippen molar-refractivity contribution in [1.29, 1.82) is 0 Å². The molecule has 0 atom stereocenters. The second-order valence-corrected chi connectivity index (χ2v) is 10.2. The van der Waals surface area contributed by atoms with Crippen LogP contribution in [0.25, 0.3) is 0 Å². The van der Waals surface area contributed by atoms with E-state index in [2.05, 4.69) is 113 Å². The Morgan fingerprint density at radius 2 is 1.85 bits per heavy atom. The van der Waals surface area contributed by atoms with Crippen molar-refractivity contribution in [2.75, 3.05) is 19.0 Å². The van der Waals surface area contributed by atoms with Crippen molar-refractivity contribution in [2.24, 2.45) is 5.41 Å². The minimum absolute atomic E-state index is 0.0918. The van der Waals surface area contributed by atoms with Crippen LogP contribution in [-0.2, 0) is 16.6 Å². The molecular formula is C30H39N2O+. The Labute approximate surface area is 200 Å². The molecule has 2 heterocycles. The highest BCUT2D eigenvalue weighted by atomic mass is 16.1. The smallest absolute Gasteiger partial charge is 0.205 e. The molecule has 0 bridgehead atoms. The average molecular weight is 444 g/mol. The lowest BCUT2D eigenvalue weighted by Crippen LogP contribution is -2.23. The van der Waals surface area contributed by atoms with Gasteiger partial charge in [-0.25, -0.2) is 0 Å². The largest absolute Gasteiger partial charge is 0.347 e. The molecule has 0 aliphatic carbocycles. The molecule has 1 aromatic rings. The highest BCUT2D eigenvalue weighted by Gasteiger charge is 2.45. The SMILES string of the molecule is C=C/C=C1\C(=C/C)[N+](C)=C(/C=C/C=C2/N(C)c3ccc(CCC(C)=O)cc3C2(C)C)C1(C)C. The predicted octanol–water partition coefficient (Wildman–Crippen LogP) is 6.52. The molecule has 174 valence electrons. The molecule has 2 aliphatic rings. The van der Waals surface area contributed by atoms with Crippen molar-refractivity contribution < 1.29 is 9.37 Å². The van der Waals surface area contributed by atoms with E-state index in [1.165, 1.54) is 39.5 Å². The summed E-state index contributed by atoms with van der Waals surface area (Å²) in [4.78, 5) is 13.7. The third-order valence-electron chi connectivity index (χ3n) is 7.24. The molecule has 0 N–H and O–H groups in total. The Balaban J connectivity index is 1.95. The minimum Gasteiger partial charge on any atom is -0.347 e. The van der Waals surface area contributed by atoms with E-state index < -0.39 is 0 Å². The van der Waals surface area contributed by atoms with E-state index >= 15 is 0 Å². The summed E-state index contributed by atoms with van der Waals surface area (Å²) >= 11 is 0. The Kier molecular flexibility index (Phi) is 6.83. The van der Waals surface area contributed by atoms with E-state index in [0.717, 1.165) is 6.42 Å². The number of nitrogens with zero attached hydrogens (tertiary/aromatic N) is 2. The Morgan fingerprint density at radius 1 is 1.15 bits per heavy atom. The molecule has 33 heavy (non-hydrogen) atoms. The molecule has 0 aromatic heterocycles. The monoisotopic (exact) mass is 443 g/mol. The highest BCUT2D eigenvalue weighted by Crippen LogP contribution is 2.47. The van der Waals surface area contributed by atoms with E-state index in [-0.39, 0.29) is 16.6 Å². The van der Waals surface area contributed by atoms with Gasteiger partial charge < -0.3 is 9.69 Å². The molecule has 1 aromatic carbocycles. The molecule has 2 aliphatic heterocycles. The zero-order valence-electron chi connectivity index (χ0n) is 21.6. The summed E-state index contributed by atoms with van der Waals surface area (Å²) in [7, 11) is 4.28. The van der Waals surface area contributed by atoms with Gasteiger partial charge in [0.25, 0.3) is 0 Å². The molecule has 0 fully saturated rings. The van der Waals surface area contributed by atoms with Gasteiger partial charge >= 0.3 is 0 Å². The van der Waals surface area contributed by atoms with Crippen LogP contribution in [-0.4, -0.2) is 30.2 Å². The first-order valence-corrected chi connectivity index (χ1v) is 11.8. The number of carbonyl (C=O) groups is 1. The maximum atomic E-state index is 11.4. The standard InChI is InChI=1S/C30H39N2O/c1-10-13-23-25(11-2)31(8)27(29(23,4)5)14-12-15-28-30(6,7)24-20-22(17-16-21(3)33)18-19-26(24)32(28)9/h10-15,18-20H,1,16-17H2,2-9H3/q+1/b23-13+,25-11+. The van der Waals surface area contributed by atoms with Crippen molar-refractivity contribution >= 4 is 17.2 Å². The molecule has 0 radical (unpaired) electrons. The first kappa shape index (κ1) is 24.7. The summed E-state index contributed by atoms with van der Waals surface area (Å²) in [6.45, 7) is 16.8. The van der Waals surface area contributed by atoms with Gasteiger partial charge in [-0.1, -0.05) is 50.8 Å². The summed E-state index contributed by atoms with van der Waals surface area (Å²) in [6.07, 6.45) is 14.2. The van der Waals surface area contributed by atoms with Gasteiger partial charge in [0.05, 0.1) is 5.41 Å². The third kappa shape index (κ3) is 4.34. The fourth-order valence-corrected chi connectivity index (χ4v) is 5.36. The van der Waals surface area contributed by atoms with Crippen LogP contribution < -0.4 is 4.90 Å². The first-order valence-electron chi connectivity index (χ1n) is 11.8. The molecule has 0 saturated heterocycles. The minimum atomic E-state index is -0.106. The van der Waals surface area contributed by atoms with Crippen molar-refractivity contribution in [1.82, 2.24) is 0 Å². The number of likely N-dealkylation sites (N-methyl/N-ethyl adjacent to an activating group) is 2. The maximum Gasteiger partial charge on any atom is 0.205 e. The van der Waals surface area contributed by atoms with Crippen LogP contribution in [0.5, 0.6) is 0 Å². The number of hydrogen-bond donors (Lipinski definition) is 0. The number of rotatable bonds is 6. The summed E-state index contributed by atoms with van der Waals surface area (Å²) in [5.74, 6) is 0.238. The predicted molar refractivity (Wildman–Crippen MR) is 141 cm³/mol. The lowest BCUT2D eigenvalue weighted by atomic mass is 9.80. The Bertz CT molecular complexity index is 1140. The van der Waals surface area contributed by atoms with Crippen molar-refractivity contribution in [3.05, 3.63) is 89.3 Å². The summed E-state index contributed by atoms with van der Waals surface area (Å²) in [5.41, 5.74) is 8.65. The summed E-state index contributed by atoms with van der Waals surface area (Å²) < 4.78 is 2.28. The number of fused-ring (bicyclic) bond motifs is 1. The highest BCUT2D eigenvalue weighted by molar-refractivity contribution is 6.00. The van der Waals surface area contributed by atoms with E-state index in [4.69, 9.17) is 0 Å². The lowest BCUT2D eigenvalue weighted by Gasteiger charge is -2.23. The van der Waals surface area contributed by atoms with Gasteiger partial charge in [-0.15, -0.1) is 0 Å². The number of hydrogen-bond acceptors (Lipinski definition) is 2. The van der Waals surface area contributed by atoms with Crippen LogP contribution in [0, 0.1) is 5.41 Å². The molecule has 0 amide bonds. The number of carbonyl (C=O) groups excluding carboxylic acids is 1. The zero-order valence-corrected chi connectivity index (χ0v) is 21.6. The number of benzene rings is 1. The van der Waals surface area contributed by atoms with Gasteiger partial charge in [-0.3, -0.25) is 0 Å². The van der Waals surface area contributed by atoms with E-state index in [1.54, 1.807) is 6.92 Å². The van der Waals surface area contributed by atoms with Crippen molar-refractivity contribution in [2.45, 2.75) is 59.8 Å². The maximum absolute atomic E-state index is 11.4. The topological polar surface area (TPSA) is 23.3 Å². The van der Waals surface area contributed by atoms with Gasteiger partial charge in [-0.05, 0) is 63.5 Å². The van der Waals surface area contributed by atoms with E-state index in [0.29, 0.717) is 6.42 Å². The van der Waals surface area contributed by atoms with Gasteiger partial charge in [0.15, 0.2) is 5.71 Å². The van der Waals surface area contributed by atoms with Crippen LogP contribution in [0.15, 0.2) is 78.2 Å². The van der Waals surface area contributed by atoms with Crippen LogP contribution in [0.3, 0.4) is 0 Å². The van der Waals surface area contributed by atoms with Crippen LogP contribution in [0.4, 0.5) is 5.69 Å². The second-order valence-electron chi connectivity index (χ2n) is 10.2. The molecule has 0 spiro atoms. The van der Waals surface area contributed by atoms with Crippen molar-refractivity contribution in [3.63, 3.8) is 0 Å². The molecule has 3 nitrogen and oxygen atoms in total. The van der Waals surface area contributed by atoms with E-state index in [1.807, 2.05) is 6.08 Å². The molecule has 3 rings (SSSR count). The Hall–Kier alpha value is -2.94. The number of aryl methyl sites for hydroxylation is 1. The summed E-state index contributed by atoms with van der Waals surface area (Å²) in [5, 5.41) is 0. The van der Waals surface area contributed by atoms with Gasteiger partial charge in [0, 0.05) is 41.9 Å². The van der Waals surface area contributed by atoms with Gasteiger partial charge in [-0.2, -0.15) is 4.58 Å². The summed E-state index contributed by atoms with van der Waals surface area (Å²) in [6, 6.07) is 6.64. The fourth-order valence-electron chi connectivity index (χ4n) is 5.36. The van der Waals surface area contributed by atoms with E-state index in [9.17, 15) is 4.79 Å².